The Morgan fingerprint density at radius 3 is 2.63 bits per heavy atom. The SMILES string of the molecule is CC1CCC2(C)C(CCC3C2CCC2(C)C(C(=O)Cn4ncc(CO)n4)CCC32)C1. The number of aliphatic hydroxyl groups excluding tert-OH is 1. The molecule has 1 aromatic heterocycles. The van der Waals surface area contributed by atoms with Crippen molar-refractivity contribution in [2.45, 2.75) is 91.7 Å². The van der Waals surface area contributed by atoms with Crippen LogP contribution in [0.2, 0.25) is 0 Å². The molecule has 4 fully saturated rings. The van der Waals surface area contributed by atoms with Crippen LogP contribution in [0.1, 0.15) is 84.3 Å². The Morgan fingerprint density at radius 2 is 1.87 bits per heavy atom. The van der Waals surface area contributed by atoms with Crippen molar-refractivity contribution in [1.29, 1.82) is 0 Å². The fourth-order valence-electron chi connectivity index (χ4n) is 8.73. The number of carbonyl (C=O) groups excluding carboxylic acids is 1. The Bertz CT molecular complexity index is 806. The first kappa shape index (κ1) is 20.7. The number of aliphatic hydroxyl groups is 1. The molecular weight excluding hydrogens is 374 g/mol. The number of fused-ring (bicyclic) bond motifs is 5. The van der Waals surface area contributed by atoms with Gasteiger partial charge in [-0.15, -0.1) is 0 Å². The predicted octanol–water partition coefficient (Wildman–Crippen LogP) is 4.63. The molecule has 1 aromatic rings. The second-order valence-electron chi connectivity index (χ2n) is 11.7. The molecule has 1 N–H and O–H groups in total. The molecule has 1 heterocycles. The van der Waals surface area contributed by atoms with E-state index in [0.29, 0.717) is 22.8 Å². The Balaban J connectivity index is 1.33. The van der Waals surface area contributed by atoms with Crippen LogP contribution in [0.15, 0.2) is 6.20 Å². The molecule has 0 aliphatic heterocycles. The smallest absolute Gasteiger partial charge is 0.159 e. The summed E-state index contributed by atoms with van der Waals surface area (Å²) in [6.45, 7) is 7.63. The highest BCUT2D eigenvalue weighted by Gasteiger charge is 2.60. The first-order valence-electron chi connectivity index (χ1n) is 12.4. The van der Waals surface area contributed by atoms with Crippen molar-refractivity contribution in [3.05, 3.63) is 11.9 Å². The summed E-state index contributed by atoms with van der Waals surface area (Å²) >= 11 is 0. The van der Waals surface area contributed by atoms with Crippen LogP contribution in [0.5, 0.6) is 0 Å². The van der Waals surface area contributed by atoms with Gasteiger partial charge in [-0.2, -0.15) is 15.0 Å². The maximum atomic E-state index is 13.3. The molecule has 0 bridgehead atoms. The summed E-state index contributed by atoms with van der Waals surface area (Å²) in [4.78, 5) is 14.8. The molecule has 4 aliphatic rings. The van der Waals surface area contributed by atoms with Crippen LogP contribution in [-0.2, 0) is 17.9 Å². The van der Waals surface area contributed by atoms with Crippen molar-refractivity contribution >= 4 is 5.78 Å². The molecule has 0 amide bonds. The number of hydrogen-bond donors (Lipinski definition) is 1. The first-order chi connectivity index (χ1) is 14.3. The second kappa shape index (κ2) is 7.43. The Morgan fingerprint density at radius 1 is 1.10 bits per heavy atom. The van der Waals surface area contributed by atoms with Gasteiger partial charge in [0, 0.05) is 5.92 Å². The highest BCUT2D eigenvalue weighted by molar-refractivity contribution is 5.82. The normalized spacial score (nSPS) is 45.5. The molecule has 5 nitrogen and oxygen atoms in total. The Labute approximate surface area is 181 Å². The number of nitrogens with zero attached hydrogens (tertiary/aromatic N) is 3. The van der Waals surface area contributed by atoms with E-state index in [0.717, 1.165) is 30.1 Å². The monoisotopic (exact) mass is 413 g/mol. The highest BCUT2D eigenvalue weighted by Crippen LogP contribution is 2.67. The van der Waals surface area contributed by atoms with Crippen molar-refractivity contribution in [1.82, 2.24) is 15.0 Å². The van der Waals surface area contributed by atoms with Crippen LogP contribution in [0.4, 0.5) is 0 Å². The number of carbonyl (C=O) groups is 1. The van der Waals surface area contributed by atoms with Gasteiger partial charge in [0.1, 0.15) is 12.2 Å². The molecule has 8 unspecified atom stereocenters. The summed E-state index contributed by atoms with van der Waals surface area (Å²) in [5.74, 6) is 4.67. The number of aromatic nitrogens is 3. The third-order valence-corrected chi connectivity index (χ3v) is 10.4. The summed E-state index contributed by atoms with van der Waals surface area (Å²) in [5.41, 5.74) is 1.22. The predicted molar refractivity (Wildman–Crippen MR) is 115 cm³/mol. The van der Waals surface area contributed by atoms with E-state index in [-0.39, 0.29) is 24.5 Å². The zero-order chi connectivity index (χ0) is 21.1. The first-order valence-corrected chi connectivity index (χ1v) is 12.4. The van der Waals surface area contributed by atoms with Crippen molar-refractivity contribution in [2.24, 2.45) is 46.3 Å². The standard InChI is InChI=1S/C25H39N3O2/c1-16-8-10-24(2)17(12-16)4-5-19-20-6-7-22(25(20,3)11-9-21(19)24)23(30)14-28-26-13-18(15-29)27-28/h13,16-17,19-22,29H,4-12,14-15H2,1-3H3. The number of hydrogen-bond acceptors (Lipinski definition) is 4. The van der Waals surface area contributed by atoms with Crippen LogP contribution in [0.3, 0.4) is 0 Å². The van der Waals surface area contributed by atoms with E-state index < -0.39 is 0 Å². The summed E-state index contributed by atoms with van der Waals surface area (Å²) in [7, 11) is 0. The second-order valence-corrected chi connectivity index (χ2v) is 11.7. The minimum Gasteiger partial charge on any atom is -0.390 e. The number of Topliss-reactive ketones (excluding diaryl/α,β-unsaturated/α-hetero) is 1. The zero-order valence-corrected chi connectivity index (χ0v) is 19.0. The lowest BCUT2D eigenvalue weighted by molar-refractivity contribution is -0.137. The molecular formula is C25H39N3O2. The van der Waals surface area contributed by atoms with Gasteiger partial charge in [0.05, 0.1) is 12.8 Å². The highest BCUT2D eigenvalue weighted by atomic mass is 16.3. The maximum Gasteiger partial charge on any atom is 0.159 e. The zero-order valence-electron chi connectivity index (χ0n) is 19.0. The third kappa shape index (κ3) is 3.10. The van der Waals surface area contributed by atoms with Crippen LogP contribution in [0, 0.1) is 46.3 Å². The van der Waals surface area contributed by atoms with Gasteiger partial charge >= 0.3 is 0 Å². The van der Waals surface area contributed by atoms with Gasteiger partial charge in [0.15, 0.2) is 5.78 Å². The third-order valence-electron chi connectivity index (χ3n) is 10.4. The maximum absolute atomic E-state index is 13.3. The van der Waals surface area contributed by atoms with E-state index in [9.17, 15) is 9.90 Å². The fraction of sp³-hybridized carbons (Fsp3) is 0.880. The summed E-state index contributed by atoms with van der Waals surface area (Å²) in [5, 5.41) is 17.6. The van der Waals surface area contributed by atoms with Gasteiger partial charge in [-0.3, -0.25) is 4.79 Å². The molecule has 5 rings (SSSR count). The van der Waals surface area contributed by atoms with E-state index in [4.69, 9.17) is 0 Å². The molecule has 4 aliphatic carbocycles. The number of rotatable bonds is 4. The lowest BCUT2D eigenvalue weighted by atomic mass is 9.44. The van der Waals surface area contributed by atoms with E-state index in [2.05, 4.69) is 31.0 Å². The largest absolute Gasteiger partial charge is 0.390 e. The van der Waals surface area contributed by atoms with Gasteiger partial charge in [-0.05, 0) is 91.8 Å². The van der Waals surface area contributed by atoms with E-state index in [1.165, 1.54) is 56.2 Å². The Kier molecular flexibility index (Phi) is 5.11. The topological polar surface area (TPSA) is 68.0 Å². The fourth-order valence-corrected chi connectivity index (χ4v) is 8.73. The lowest BCUT2D eigenvalue weighted by Gasteiger charge is -2.61. The minimum atomic E-state index is -0.126. The number of ketones is 1. The molecule has 0 spiro atoms. The Hall–Kier alpha value is -1.23. The van der Waals surface area contributed by atoms with Crippen LogP contribution >= 0.6 is 0 Å². The molecule has 0 aromatic carbocycles. The summed E-state index contributed by atoms with van der Waals surface area (Å²) in [6, 6.07) is 0. The molecule has 5 heteroatoms. The van der Waals surface area contributed by atoms with Gasteiger partial charge in [-0.25, -0.2) is 0 Å². The van der Waals surface area contributed by atoms with Crippen molar-refractivity contribution in [2.75, 3.05) is 0 Å². The van der Waals surface area contributed by atoms with Gasteiger partial charge in [0.25, 0.3) is 0 Å². The lowest BCUT2D eigenvalue weighted by Crippen LogP contribution is -2.53. The van der Waals surface area contributed by atoms with Crippen LogP contribution < -0.4 is 0 Å². The summed E-state index contributed by atoms with van der Waals surface area (Å²) in [6.07, 6.45) is 13.4. The summed E-state index contributed by atoms with van der Waals surface area (Å²) < 4.78 is 0. The average Bonchev–Trinajstić information content (AvgIpc) is 3.32. The molecule has 8 atom stereocenters. The molecule has 0 saturated heterocycles. The van der Waals surface area contributed by atoms with Gasteiger partial charge < -0.3 is 5.11 Å². The van der Waals surface area contributed by atoms with Crippen LogP contribution in [0.25, 0.3) is 0 Å². The van der Waals surface area contributed by atoms with E-state index in [1.54, 1.807) is 6.20 Å². The van der Waals surface area contributed by atoms with Crippen molar-refractivity contribution in [3.8, 4) is 0 Å². The van der Waals surface area contributed by atoms with E-state index >= 15 is 0 Å². The molecule has 30 heavy (non-hydrogen) atoms. The quantitative estimate of drug-likeness (QED) is 0.781. The van der Waals surface area contributed by atoms with E-state index in [1.807, 2.05) is 0 Å². The molecule has 0 radical (unpaired) electrons. The van der Waals surface area contributed by atoms with Gasteiger partial charge in [-0.1, -0.05) is 27.2 Å². The van der Waals surface area contributed by atoms with Crippen molar-refractivity contribution < 1.29 is 9.90 Å². The van der Waals surface area contributed by atoms with Crippen molar-refractivity contribution in [3.63, 3.8) is 0 Å². The minimum absolute atomic E-state index is 0.126. The average molecular weight is 414 g/mol. The van der Waals surface area contributed by atoms with Gasteiger partial charge in [0.2, 0.25) is 0 Å². The molecule has 4 saturated carbocycles. The van der Waals surface area contributed by atoms with Crippen LogP contribution in [-0.4, -0.2) is 25.9 Å². The molecule has 166 valence electrons.